The van der Waals surface area contributed by atoms with E-state index < -0.39 is 0 Å². The molecule has 0 bridgehead atoms. The summed E-state index contributed by atoms with van der Waals surface area (Å²) in [6.45, 7) is 4.21. The van der Waals surface area contributed by atoms with E-state index in [9.17, 15) is 5.11 Å². The molecular formula is C22H18N2O2. The van der Waals surface area contributed by atoms with Crippen LogP contribution in [-0.4, -0.2) is 15.3 Å². The molecule has 0 spiro atoms. The van der Waals surface area contributed by atoms with E-state index in [1.165, 1.54) is 16.7 Å². The van der Waals surface area contributed by atoms with Crippen molar-refractivity contribution in [2.45, 2.75) is 13.8 Å². The van der Waals surface area contributed by atoms with Crippen LogP contribution in [0.15, 0.2) is 71.1 Å². The Morgan fingerprint density at radius 1 is 0.615 bits per heavy atom. The van der Waals surface area contributed by atoms with Gasteiger partial charge in [0.15, 0.2) is 0 Å². The molecule has 0 radical (unpaired) electrons. The first kappa shape index (κ1) is 16.1. The van der Waals surface area contributed by atoms with Gasteiger partial charge in [-0.3, -0.25) is 0 Å². The molecule has 0 aliphatic heterocycles. The van der Waals surface area contributed by atoms with Crippen LogP contribution >= 0.6 is 0 Å². The summed E-state index contributed by atoms with van der Waals surface area (Å²) >= 11 is 0. The molecule has 0 unspecified atom stereocenters. The molecule has 4 heteroatoms. The van der Waals surface area contributed by atoms with Crippen molar-refractivity contribution >= 4 is 0 Å². The molecule has 0 aliphatic carbocycles. The Kier molecular flexibility index (Phi) is 4.01. The first-order chi connectivity index (χ1) is 12.6. The second-order valence-corrected chi connectivity index (χ2v) is 6.41. The van der Waals surface area contributed by atoms with Crippen LogP contribution in [0.4, 0.5) is 0 Å². The summed E-state index contributed by atoms with van der Waals surface area (Å²) in [7, 11) is 0. The molecule has 0 saturated carbocycles. The van der Waals surface area contributed by atoms with E-state index in [1.807, 2.05) is 12.1 Å². The van der Waals surface area contributed by atoms with Crippen molar-refractivity contribution < 1.29 is 9.52 Å². The van der Waals surface area contributed by atoms with Gasteiger partial charge >= 0.3 is 0 Å². The lowest BCUT2D eigenvalue weighted by atomic mass is 10.00. The molecule has 1 N–H and O–H groups in total. The maximum Gasteiger partial charge on any atom is 0.248 e. The third kappa shape index (κ3) is 3.22. The van der Waals surface area contributed by atoms with Gasteiger partial charge in [0.1, 0.15) is 5.75 Å². The second kappa shape index (κ2) is 6.48. The number of benzene rings is 3. The number of aromatic nitrogens is 2. The summed E-state index contributed by atoms with van der Waals surface area (Å²) in [5, 5.41) is 17.6. The Morgan fingerprint density at radius 2 is 1.08 bits per heavy atom. The quantitative estimate of drug-likeness (QED) is 0.542. The molecule has 4 rings (SSSR count). The van der Waals surface area contributed by atoms with E-state index >= 15 is 0 Å². The van der Waals surface area contributed by atoms with Crippen molar-refractivity contribution in [2.24, 2.45) is 0 Å². The lowest BCUT2D eigenvalue weighted by molar-refractivity contribution is 0.475. The van der Waals surface area contributed by atoms with Gasteiger partial charge in [-0.25, -0.2) is 0 Å². The minimum absolute atomic E-state index is 0.204. The van der Waals surface area contributed by atoms with Crippen LogP contribution in [0.25, 0.3) is 34.0 Å². The lowest BCUT2D eigenvalue weighted by Gasteiger charge is -2.06. The van der Waals surface area contributed by atoms with Gasteiger partial charge in [-0.15, -0.1) is 10.2 Å². The van der Waals surface area contributed by atoms with E-state index in [-0.39, 0.29) is 5.75 Å². The highest BCUT2D eigenvalue weighted by molar-refractivity contribution is 5.68. The van der Waals surface area contributed by atoms with E-state index in [1.54, 1.807) is 24.3 Å². The Balaban J connectivity index is 1.62. The summed E-state index contributed by atoms with van der Waals surface area (Å²) in [4.78, 5) is 0. The number of nitrogens with zero attached hydrogens (tertiary/aromatic N) is 2. The highest BCUT2D eigenvalue weighted by Gasteiger charge is 2.11. The maximum absolute atomic E-state index is 9.37. The minimum atomic E-state index is 0.204. The molecule has 4 aromatic rings. The highest BCUT2D eigenvalue weighted by atomic mass is 16.4. The molecule has 0 saturated heterocycles. The molecular weight excluding hydrogens is 324 g/mol. The molecule has 0 aliphatic rings. The number of hydrogen-bond acceptors (Lipinski definition) is 4. The third-order valence-corrected chi connectivity index (χ3v) is 4.23. The molecule has 128 valence electrons. The Bertz CT molecular complexity index is 1030. The number of phenolic OH excluding ortho intramolecular Hbond substituents is 1. The monoisotopic (exact) mass is 342 g/mol. The average molecular weight is 342 g/mol. The third-order valence-electron chi connectivity index (χ3n) is 4.23. The zero-order valence-electron chi connectivity index (χ0n) is 14.6. The van der Waals surface area contributed by atoms with Gasteiger partial charge in [0.2, 0.25) is 11.8 Å². The zero-order chi connectivity index (χ0) is 18.1. The predicted octanol–water partition coefficient (Wildman–Crippen LogP) is 5.39. The average Bonchev–Trinajstić information content (AvgIpc) is 3.12. The lowest BCUT2D eigenvalue weighted by Crippen LogP contribution is -1.84. The van der Waals surface area contributed by atoms with Gasteiger partial charge in [-0.2, -0.15) is 0 Å². The van der Waals surface area contributed by atoms with Crippen LogP contribution in [0.3, 0.4) is 0 Å². The maximum atomic E-state index is 9.37. The molecule has 3 aromatic carbocycles. The molecule has 0 fully saturated rings. The summed E-state index contributed by atoms with van der Waals surface area (Å²) in [6, 6.07) is 21.3. The Morgan fingerprint density at radius 3 is 1.62 bits per heavy atom. The summed E-state index contributed by atoms with van der Waals surface area (Å²) in [5.41, 5.74) is 6.49. The van der Waals surface area contributed by atoms with Gasteiger partial charge in [-0.1, -0.05) is 41.5 Å². The van der Waals surface area contributed by atoms with E-state index in [2.05, 4.69) is 54.4 Å². The van der Waals surface area contributed by atoms with E-state index in [0.29, 0.717) is 11.8 Å². The fraction of sp³-hybridized carbons (Fsp3) is 0.0909. The Labute approximate surface area is 151 Å². The number of rotatable bonds is 3. The molecule has 0 amide bonds. The first-order valence-corrected chi connectivity index (χ1v) is 8.40. The number of phenols is 1. The Hall–Kier alpha value is -3.40. The van der Waals surface area contributed by atoms with Crippen LogP contribution in [0.1, 0.15) is 11.1 Å². The van der Waals surface area contributed by atoms with Crippen LogP contribution in [0.2, 0.25) is 0 Å². The molecule has 0 atom stereocenters. The normalized spacial score (nSPS) is 10.8. The SMILES string of the molecule is Cc1cc(C)cc(-c2ccc(-c3nnc(-c4ccc(O)cc4)o3)cc2)c1. The predicted molar refractivity (Wildman–Crippen MR) is 102 cm³/mol. The van der Waals surface area contributed by atoms with Gasteiger partial charge < -0.3 is 9.52 Å². The second-order valence-electron chi connectivity index (χ2n) is 6.41. The standard InChI is InChI=1S/C22H18N2O2/c1-14-11-15(2)13-19(12-14)16-3-5-17(6-4-16)21-23-24-22(26-21)18-7-9-20(25)10-8-18/h3-13,25H,1-2H3. The van der Waals surface area contributed by atoms with Crippen LogP contribution < -0.4 is 0 Å². The van der Waals surface area contributed by atoms with Crippen molar-refractivity contribution in [3.63, 3.8) is 0 Å². The van der Waals surface area contributed by atoms with Crippen molar-refractivity contribution in [2.75, 3.05) is 0 Å². The number of aryl methyl sites for hydroxylation is 2. The summed E-state index contributed by atoms with van der Waals surface area (Å²) < 4.78 is 5.78. The number of aromatic hydroxyl groups is 1. The zero-order valence-corrected chi connectivity index (χ0v) is 14.6. The van der Waals surface area contributed by atoms with Crippen LogP contribution in [0.5, 0.6) is 5.75 Å². The minimum Gasteiger partial charge on any atom is -0.508 e. The molecule has 1 heterocycles. The van der Waals surface area contributed by atoms with E-state index in [4.69, 9.17) is 4.42 Å². The summed E-state index contributed by atoms with van der Waals surface area (Å²) in [6.07, 6.45) is 0. The fourth-order valence-corrected chi connectivity index (χ4v) is 3.01. The number of hydrogen-bond donors (Lipinski definition) is 1. The smallest absolute Gasteiger partial charge is 0.248 e. The van der Waals surface area contributed by atoms with Gasteiger partial charge in [0.25, 0.3) is 0 Å². The van der Waals surface area contributed by atoms with Crippen molar-refractivity contribution in [1.29, 1.82) is 0 Å². The van der Waals surface area contributed by atoms with Crippen LogP contribution in [0, 0.1) is 13.8 Å². The van der Waals surface area contributed by atoms with E-state index in [0.717, 1.165) is 16.7 Å². The largest absolute Gasteiger partial charge is 0.508 e. The van der Waals surface area contributed by atoms with Gasteiger partial charge in [0.05, 0.1) is 0 Å². The highest BCUT2D eigenvalue weighted by Crippen LogP contribution is 2.28. The molecule has 1 aromatic heterocycles. The molecule has 26 heavy (non-hydrogen) atoms. The molecule has 4 nitrogen and oxygen atoms in total. The van der Waals surface area contributed by atoms with Crippen molar-refractivity contribution in [3.05, 3.63) is 77.9 Å². The van der Waals surface area contributed by atoms with Gasteiger partial charge in [0, 0.05) is 11.1 Å². The van der Waals surface area contributed by atoms with Crippen LogP contribution in [-0.2, 0) is 0 Å². The van der Waals surface area contributed by atoms with Crippen molar-refractivity contribution in [1.82, 2.24) is 10.2 Å². The van der Waals surface area contributed by atoms with Crippen molar-refractivity contribution in [3.8, 4) is 39.8 Å². The first-order valence-electron chi connectivity index (χ1n) is 8.40. The van der Waals surface area contributed by atoms with Gasteiger partial charge in [-0.05, 0) is 61.4 Å². The topological polar surface area (TPSA) is 59.2 Å². The summed E-state index contributed by atoms with van der Waals surface area (Å²) in [5.74, 6) is 1.11. The fourth-order valence-electron chi connectivity index (χ4n) is 3.01.